The summed E-state index contributed by atoms with van der Waals surface area (Å²) in [6.45, 7) is 0.979. The van der Waals surface area contributed by atoms with Gasteiger partial charge in [-0.2, -0.15) is 0 Å². The minimum atomic E-state index is -1.32. The number of hydrogen-bond acceptors (Lipinski definition) is 4. The van der Waals surface area contributed by atoms with Gasteiger partial charge in [-0.25, -0.2) is 0 Å². The molecular formula is C11H12O5S. The van der Waals surface area contributed by atoms with Crippen molar-refractivity contribution < 1.29 is 23.6 Å². The number of hydrogen-bond donors (Lipinski definition) is 1. The van der Waals surface area contributed by atoms with Crippen LogP contribution < -0.4 is 9.47 Å². The van der Waals surface area contributed by atoms with E-state index in [1.54, 1.807) is 18.2 Å². The lowest BCUT2D eigenvalue weighted by Gasteiger charge is -2.18. The zero-order valence-electron chi connectivity index (χ0n) is 9.05. The second-order valence-corrected chi connectivity index (χ2v) is 5.07. The Morgan fingerprint density at radius 1 is 1.29 bits per heavy atom. The molecule has 1 aliphatic rings. The lowest BCUT2D eigenvalue weighted by atomic mass is 10.3. The largest absolute Gasteiger partial charge is 0.486 e. The Morgan fingerprint density at radius 2 is 2.00 bits per heavy atom. The first kappa shape index (κ1) is 11.9. The molecule has 0 unspecified atom stereocenters. The number of carbonyl (C=O) groups is 1. The van der Waals surface area contributed by atoms with Crippen molar-refractivity contribution in [3.8, 4) is 11.5 Å². The van der Waals surface area contributed by atoms with Crippen molar-refractivity contribution in [2.75, 3.05) is 19.0 Å². The molecule has 92 valence electrons. The van der Waals surface area contributed by atoms with Gasteiger partial charge in [0.05, 0.1) is 17.2 Å². The van der Waals surface area contributed by atoms with Gasteiger partial charge in [0.1, 0.15) is 13.2 Å². The van der Waals surface area contributed by atoms with Crippen LogP contribution in [0.4, 0.5) is 0 Å². The minimum absolute atomic E-state index is 0.106. The normalized spacial score (nSPS) is 15.3. The molecule has 17 heavy (non-hydrogen) atoms. The summed E-state index contributed by atoms with van der Waals surface area (Å²) in [5.41, 5.74) is 0. The summed E-state index contributed by atoms with van der Waals surface area (Å²) >= 11 is 0. The Morgan fingerprint density at radius 3 is 2.71 bits per heavy atom. The van der Waals surface area contributed by atoms with Crippen LogP contribution in [0, 0.1) is 0 Å². The zero-order chi connectivity index (χ0) is 12.3. The van der Waals surface area contributed by atoms with Gasteiger partial charge >= 0.3 is 5.97 Å². The van der Waals surface area contributed by atoms with Gasteiger partial charge in [-0.3, -0.25) is 9.00 Å². The summed E-state index contributed by atoms with van der Waals surface area (Å²) in [5.74, 6) is 0.359. The predicted octanol–water partition coefficient (Wildman–Crippen LogP) is 1.04. The Labute approximate surface area is 101 Å². The van der Waals surface area contributed by atoms with E-state index in [0.717, 1.165) is 0 Å². The highest BCUT2D eigenvalue weighted by Gasteiger charge is 2.14. The second kappa shape index (κ2) is 5.18. The maximum absolute atomic E-state index is 11.8. The van der Waals surface area contributed by atoms with Crippen molar-refractivity contribution in [3.05, 3.63) is 18.2 Å². The van der Waals surface area contributed by atoms with Crippen molar-refractivity contribution in [2.24, 2.45) is 0 Å². The molecule has 1 aliphatic heterocycles. The van der Waals surface area contributed by atoms with Gasteiger partial charge in [0.25, 0.3) is 0 Å². The van der Waals surface area contributed by atoms with Crippen LogP contribution in [0.5, 0.6) is 11.5 Å². The standard InChI is InChI=1S/C11H12O5S/c12-11(13)3-6-17(14)8-1-2-9-10(7-8)16-5-4-15-9/h1-2,7H,3-6H2,(H,12,13)/t17-/m1/s1. The molecular weight excluding hydrogens is 244 g/mol. The van der Waals surface area contributed by atoms with Crippen LogP contribution in [0.1, 0.15) is 6.42 Å². The maximum Gasteiger partial charge on any atom is 0.304 e. The van der Waals surface area contributed by atoms with Gasteiger partial charge in [0.2, 0.25) is 0 Å². The molecule has 1 heterocycles. The quantitative estimate of drug-likeness (QED) is 0.871. The molecule has 0 spiro atoms. The molecule has 5 nitrogen and oxygen atoms in total. The SMILES string of the molecule is O=C(O)CC[S@@](=O)c1ccc2c(c1)OCCO2. The summed E-state index contributed by atoms with van der Waals surface area (Å²) in [7, 11) is -1.32. The molecule has 6 heteroatoms. The number of carboxylic acids is 1. The van der Waals surface area contributed by atoms with Crippen molar-refractivity contribution in [3.63, 3.8) is 0 Å². The average molecular weight is 256 g/mol. The molecule has 1 N–H and O–H groups in total. The summed E-state index contributed by atoms with van der Waals surface area (Å²) < 4.78 is 22.5. The van der Waals surface area contributed by atoms with E-state index in [1.165, 1.54) is 0 Å². The number of ether oxygens (including phenoxy) is 2. The predicted molar refractivity (Wildman–Crippen MR) is 61.0 cm³/mol. The summed E-state index contributed by atoms with van der Waals surface area (Å²) in [6, 6.07) is 5.01. The van der Waals surface area contributed by atoms with Crippen LogP contribution in [0.2, 0.25) is 0 Å². The summed E-state index contributed by atoms with van der Waals surface area (Å²) in [6.07, 6.45) is -0.110. The fraction of sp³-hybridized carbons (Fsp3) is 0.364. The highest BCUT2D eigenvalue weighted by atomic mass is 32.2. The Hall–Kier alpha value is -1.56. The van der Waals surface area contributed by atoms with Crippen molar-refractivity contribution in [1.29, 1.82) is 0 Å². The van der Waals surface area contributed by atoms with Crippen molar-refractivity contribution in [1.82, 2.24) is 0 Å². The van der Waals surface area contributed by atoms with Crippen LogP contribution in [-0.4, -0.2) is 34.3 Å². The highest BCUT2D eigenvalue weighted by molar-refractivity contribution is 7.85. The molecule has 0 saturated heterocycles. The molecule has 0 aliphatic carbocycles. The molecule has 1 aromatic rings. The monoisotopic (exact) mass is 256 g/mol. The van der Waals surface area contributed by atoms with Crippen LogP contribution in [0.25, 0.3) is 0 Å². The fourth-order valence-electron chi connectivity index (χ4n) is 1.46. The van der Waals surface area contributed by atoms with Gasteiger partial charge < -0.3 is 14.6 Å². The van der Waals surface area contributed by atoms with E-state index in [9.17, 15) is 9.00 Å². The molecule has 0 saturated carbocycles. The smallest absolute Gasteiger partial charge is 0.304 e. The third-order valence-electron chi connectivity index (χ3n) is 2.28. The first-order valence-electron chi connectivity index (χ1n) is 5.16. The lowest BCUT2D eigenvalue weighted by molar-refractivity contribution is -0.136. The van der Waals surface area contributed by atoms with Crippen LogP contribution >= 0.6 is 0 Å². The molecule has 0 radical (unpaired) electrons. The van der Waals surface area contributed by atoms with Gasteiger partial charge in [0, 0.05) is 16.7 Å². The van der Waals surface area contributed by atoms with E-state index in [0.29, 0.717) is 29.6 Å². The van der Waals surface area contributed by atoms with Gasteiger partial charge in [-0.15, -0.1) is 0 Å². The third kappa shape index (κ3) is 2.97. The first-order chi connectivity index (χ1) is 8.16. The van der Waals surface area contributed by atoms with Crippen LogP contribution in [0.15, 0.2) is 23.1 Å². The van der Waals surface area contributed by atoms with Gasteiger partial charge in [-0.1, -0.05) is 0 Å². The molecule has 0 fully saturated rings. The molecule has 0 amide bonds. The Kier molecular flexibility index (Phi) is 3.63. The average Bonchev–Trinajstić information content (AvgIpc) is 2.35. The van der Waals surface area contributed by atoms with E-state index >= 15 is 0 Å². The van der Waals surface area contributed by atoms with Gasteiger partial charge in [0.15, 0.2) is 11.5 Å². The number of aliphatic carboxylic acids is 1. The van der Waals surface area contributed by atoms with E-state index in [-0.39, 0.29) is 12.2 Å². The van der Waals surface area contributed by atoms with Crippen LogP contribution in [0.3, 0.4) is 0 Å². The Balaban J connectivity index is 2.11. The number of benzene rings is 1. The van der Waals surface area contributed by atoms with Crippen LogP contribution in [-0.2, 0) is 15.6 Å². The molecule has 0 bridgehead atoms. The van der Waals surface area contributed by atoms with E-state index < -0.39 is 16.8 Å². The van der Waals surface area contributed by atoms with E-state index in [1.807, 2.05) is 0 Å². The van der Waals surface area contributed by atoms with E-state index in [2.05, 4.69) is 0 Å². The summed E-state index contributed by atoms with van der Waals surface area (Å²) in [4.78, 5) is 11.0. The van der Waals surface area contributed by atoms with Gasteiger partial charge in [-0.05, 0) is 12.1 Å². The third-order valence-corrected chi connectivity index (χ3v) is 3.63. The zero-order valence-corrected chi connectivity index (χ0v) is 9.87. The molecule has 1 atom stereocenters. The van der Waals surface area contributed by atoms with Crippen molar-refractivity contribution >= 4 is 16.8 Å². The topological polar surface area (TPSA) is 72.8 Å². The fourth-order valence-corrected chi connectivity index (χ4v) is 2.52. The molecule has 0 aromatic heterocycles. The van der Waals surface area contributed by atoms with Crippen molar-refractivity contribution in [2.45, 2.75) is 11.3 Å². The maximum atomic E-state index is 11.8. The number of rotatable bonds is 4. The molecule has 2 rings (SSSR count). The van der Waals surface area contributed by atoms with E-state index in [4.69, 9.17) is 14.6 Å². The highest BCUT2D eigenvalue weighted by Crippen LogP contribution is 2.31. The Bertz CT molecular complexity index is 457. The summed E-state index contributed by atoms with van der Waals surface area (Å²) in [5, 5.41) is 8.52. The molecule has 1 aromatic carbocycles. The second-order valence-electron chi connectivity index (χ2n) is 3.50. The lowest BCUT2D eigenvalue weighted by Crippen LogP contribution is -2.15. The number of fused-ring (bicyclic) bond motifs is 1. The minimum Gasteiger partial charge on any atom is -0.486 e. The first-order valence-corrected chi connectivity index (χ1v) is 6.48. The number of carboxylic acid groups (broad SMARTS) is 1.